The quantitative estimate of drug-likeness (QED) is 0.749. The van der Waals surface area contributed by atoms with Gasteiger partial charge in [-0.15, -0.1) is 0 Å². The van der Waals surface area contributed by atoms with E-state index in [4.69, 9.17) is 0 Å². The van der Waals surface area contributed by atoms with Crippen LogP contribution in [-0.4, -0.2) is 72.8 Å². The van der Waals surface area contributed by atoms with Gasteiger partial charge in [-0.1, -0.05) is 12.1 Å². The van der Waals surface area contributed by atoms with E-state index in [2.05, 4.69) is 17.0 Å². The van der Waals surface area contributed by atoms with Gasteiger partial charge in [-0.3, -0.25) is 14.5 Å². The standard InChI is InChI=1S/C19H26N4O3/c1-20(17(24)14-23-18(25)13-21(2)19(23)26)12-15-6-8-16(9-7-15)22-10-4-3-5-11-22/h6-9H,3-5,10-14H2,1-2H3. The van der Waals surface area contributed by atoms with Crippen LogP contribution in [-0.2, 0) is 16.1 Å². The van der Waals surface area contributed by atoms with E-state index in [1.807, 2.05) is 12.1 Å². The number of benzene rings is 1. The third kappa shape index (κ3) is 3.98. The van der Waals surface area contributed by atoms with Gasteiger partial charge in [0.25, 0.3) is 5.91 Å². The van der Waals surface area contributed by atoms with Crippen LogP contribution >= 0.6 is 0 Å². The first-order valence-corrected chi connectivity index (χ1v) is 9.09. The van der Waals surface area contributed by atoms with Crippen molar-refractivity contribution >= 4 is 23.5 Å². The van der Waals surface area contributed by atoms with Crippen LogP contribution in [0.5, 0.6) is 0 Å². The monoisotopic (exact) mass is 358 g/mol. The molecular weight excluding hydrogens is 332 g/mol. The largest absolute Gasteiger partial charge is 0.372 e. The molecule has 2 aliphatic rings. The number of likely N-dealkylation sites (N-methyl/N-ethyl adjacent to an activating group) is 2. The molecule has 26 heavy (non-hydrogen) atoms. The second-order valence-electron chi connectivity index (χ2n) is 7.08. The smallest absolute Gasteiger partial charge is 0.327 e. The van der Waals surface area contributed by atoms with Crippen molar-refractivity contribution in [2.45, 2.75) is 25.8 Å². The third-order valence-corrected chi connectivity index (χ3v) is 5.03. The average molecular weight is 358 g/mol. The predicted octanol–water partition coefficient (Wildman–Crippen LogP) is 1.53. The minimum Gasteiger partial charge on any atom is -0.372 e. The van der Waals surface area contributed by atoms with Gasteiger partial charge in [0.15, 0.2) is 0 Å². The number of hydrogen-bond acceptors (Lipinski definition) is 4. The van der Waals surface area contributed by atoms with Gasteiger partial charge in [0.05, 0.1) is 0 Å². The van der Waals surface area contributed by atoms with E-state index >= 15 is 0 Å². The van der Waals surface area contributed by atoms with E-state index in [1.165, 1.54) is 29.8 Å². The van der Waals surface area contributed by atoms with Crippen molar-refractivity contribution in [3.63, 3.8) is 0 Å². The highest BCUT2D eigenvalue weighted by Gasteiger charge is 2.35. The lowest BCUT2D eigenvalue weighted by Crippen LogP contribution is -2.41. The number of rotatable bonds is 5. The third-order valence-electron chi connectivity index (χ3n) is 5.03. The Morgan fingerprint density at radius 3 is 2.31 bits per heavy atom. The molecule has 7 nitrogen and oxygen atoms in total. The van der Waals surface area contributed by atoms with Crippen molar-refractivity contribution in [1.82, 2.24) is 14.7 Å². The van der Waals surface area contributed by atoms with Crippen LogP contribution in [0.3, 0.4) is 0 Å². The summed E-state index contributed by atoms with van der Waals surface area (Å²) in [4.78, 5) is 42.3. The Kier molecular flexibility index (Phi) is 5.44. The number of carbonyl (C=O) groups is 3. The lowest BCUT2D eigenvalue weighted by molar-refractivity contribution is -0.136. The summed E-state index contributed by atoms with van der Waals surface area (Å²) in [6.07, 6.45) is 3.78. The van der Waals surface area contributed by atoms with Crippen molar-refractivity contribution < 1.29 is 14.4 Å². The number of imide groups is 1. The number of amides is 4. The zero-order valence-corrected chi connectivity index (χ0v) is 15.5. The van der Waals surface area contributed by atoms with E-state index in [1.54, 1.807) is 19.0 Å². The predicted molar refractivity (Wildman–Crippen MR) is 98.7 cm³/mol. The Labute approximate surface area is 154 Å². The van der Waals surface area contributed by atoms with Crippen molar-refractivity contribution in [3.8, 4) is 0 Å². The van der Waals surface area contributed by atoms with Crippen LogP contribution in [0.4, 0.5) is 10.5 Å². The first kappa shape index (κ1) is 18.2. The summed E-state index contributed by atoms with van der Waals surface area (Å²) in [5.41, 5.74) is 2.25. The van der Waals surface area contributed by atoms with Crippen LogP contribution in [0, 0.1) is 0 Å². The van der Waals surface area contributed by atoms with E-state index in [-0.39, 0.29) is 24.9 Å². The summed E-state index contributed by atoms with van der Waals surface area (Å²) >= 11 is 0. The first-order chi connectivity index (χ1) is 12.5. The molecule has 0 radical (unpaired) electrons. The van der Waals surface area contributed by atoms with E-state index in [0.29, 0.717) is 6.54 Å². The van der Waals surface area contributed by atoms with Gasteiger partial charge in [-0.05, 0) is 37.0 Å². The maximum Gasteiger partial charge on any atom is 0.327 e. The van der Waals surface area contributed by atoms with Crippen molar-refractivity contribution in [2.75, 3.05) is 45.2 Å². The van der Waals surface area contributed by atoms with Gasteiger partial charge in [-0.25, -0.2) is 4.79 Å². The maximum absolute atomic E-state index is 12.4. The molecule has 0 spiro atoms. The van der Waals surface area contributed by atoms with E-state index in [0.717, 1.165) is 23.6 Å². The molecule has 0 atom stereocenters. The van der Waals surface area contributed by atoms with Crippen molar-refractivity contribution in [1.29, 1.82) is 0 Å². The van der Waals surface area contributed by atoms with Gasteiger partial charge in [0.2, 0.25) is 5.91 Å². The normalized spacial score (nSPS) is 17.8. The van der Waals surface area contributed by atoms with Gasteiger partial charge < -0.3 is 14.7 Å². The zero-order valence-electron chi connectivity index (χ0n) is 15.5. The molecule has 2 heterocycles. The fraction of sp³-hybridized carbons (Fsp3) is 0.526. The Balaban J connectivity index is 1.55. The molecular formula is C19H26N4O3. The summed E-state index contributed by atoms with van der Waals surface area (Å²) in [5, 5.41) is 0. The number of piperidine rings is 1. The van der Waals surface area contributed by atoms with E-state index < -0.39 is 6.03 Å². The number of carbonyl (C=O) groups excluding carboxylic acids is 3. The van der Waals surface area contributed by atoms with Crippen molar-refractivity contribution in [3.05, 3.63) is 29.8 Å². The summed E-state index contributed by atoms with van der Waals surface area (Å²) in [6.45, 7) is 2.48. The molecule has 2 fully saturated rings. The first-order valence-electron chi connectivity index (χ1n) is 9.09. The minimum absolute atomic E-state index is 0.0355. The molecule has 0 aliphatic carbocycles. The summed E-state index contributed by atoms with van der Waals surface area (Å²) < 4.78 is 0. The number of hydrogen-bond donors (Lipinski definition) is 0. The second-order valence-corrected chi connectivity index (χ2v) is 7.08. The van der Waals surface area contributed by atoms with Crippen LogP contribution < -0.4 is 4.90 Å². The minimum atomic E-state index is -0.414. The highest BCUT2D eigenvalue weighted by Crippen LogP contribution is 2.20. The molecule has 0 saturated carbocycles. The van der Waals surface area contributed by atoms with Crippen LogP contribution in [0.15, 0.2) is 24.3 Å². The number of nitrogens with zero attached hydrogens (tertiary/aromatic N) is 4. The van der Waals surface area contributed by atoms with Gasteiger partial charge in [-0.2, -0.15) is 0 Å². The molecule has 3 rings (SSSR count). The molecule has 0 bridgehead atoms. The molecule has 0 unspecified atom stereocenters. The maximum atomic E-state index is 12.4. The lowest BCUT2D eigenvalue weighted by atomic mass is 10.1. The molecule has 1 aromatic carbocycles. The molecule has 140 valence electrons. The summed E-state index contributed by atoms with van der Waals surface area (Å²) in [7, 11) is 3.24. The zero-order chi connectivity index (χ0) is 18.7. The number of urea groups is 1. The Bertz CT molecular complexity index is 683. The Morgan fingerprint density at radius 1 is 1.08 bits per heavy atom. The lowest BCUT2D eigenvalue weighted by Gasteiger charge is -2.29. The fourth-order valence-corrected chi connectivity index (χ4v) is 3.41. The molecule has 4 amide bonds. The topological polar surface area (TPSA) is 64.2 Å². The Morgan fingerprint density at radius 2 is 1.73 bits per heavy atom. The van der Waals surface area contributed by atoms with E-state index in [9.17, 15) is 14.4 Å². The average Bonchev–Trinajstić information content (AvgIpc) is 2.89. The van der Waals surface area contributed by atoms with Crippen molar-refractivity contribution in [2.24, 2.45) is 0 Å². The van der Waals surface area contributed by atoms with Gasteiger partial charge in [0, 0.05) is 39.4 Å². The summed E-state index contributed by atoms with van der Waals surface area (Å²) in [6, 6.07) is 7.85. The van der Waals surface area contributed by atoms with Crippen LogP contribution in [0.2, 0.25) is 0 Å². The van der Waals surface area contributed by atoms with Crippen LogP contribution in [0.1, 0.15) is 24.8 Å². The number of anilines is 1. The highest BCUT2D eigenvalue weighted by atomic mass is 16.2. The SMILES string of the molecule is CN(Cc1ccc(N2CCCCC2)cc1)C(=O)CN1C(=O)CN(C)C1=O. The molecule has 0 aromatic heterocycles. The highest BCUT2D eigenvalue weighted by molar-refractivity contribution is 6.04. The molecule has 1 aromatic rings. The molecule has 7 heteroatoms. The van der Waals surface area contributed by atoms with Gasteiger partial charge in [0.1, 0.15) is 13.1 Å². The van der Waals surface area contributed by atoms with Crippen LogP contribution in [0.25, 0.3) is 0 Å². The second kappa shape index (κ2) is 7.76. The molecule has 0 N–H and O–H groups in total. The fourth-order valence-electron chi connectivity index (χ4n) is 3.41. The summed E-state index contributed by atoms with van der Waals surface area (Å²) in [5.74, 6) is -0.577. The molecule has 2 aliphatic heterocycles. The Hall–Kier alpha value is -2.57. The van der Waals surface area contributed by atoms with Gasteiger partial charge >= 0.3 is 6.03 Å². The molecule has 2 saturated heterocycles.